The van der Waals surface area contributed by atoms with E-state index in [0.717, 1.165) is 17.0 Å². The summed E-state index contributed by atoms with van der Waals surface area (Å²) in [5.74, 6) is 0.00503. The van der Waals surface area contributed by atoms with Crippen LogP contribution in [0.3, 0.4) is 0 Å². The molecule has 10 heteroatoms. The van der Waals surface area contributed by atoms with Crippen LogP contribution in [0, 0.1) is 13.8 Å². The summed E-state index contributed by atoms with van der Waals surface area (Å²) in [6.45, 7) is 6.20. The minimum atomic E-state index is -0.614. The third kappa shape index (κ3) is 4.31. The van der Waals surface area contributed by atoms with Crippen molar-refractivity contribution in [2.45, 2.75) is 33.9 Å². The Balaban J connectivity index is 1.86. The van der Waals surface area contributed by atoms with Crippen molar-refractivity contribution in [1.82, 2.24) is 30.1 Å². The van der Waals surface area contributed by atoms with Gasteiger partial charge < -0.3 is 10.1 Å². The highest BCUT2D eigenvalue weighted by atomic mass is 16.5. The third-order valence-corrected chi connectivity index (χ3v) is 3.47. The van der Waals surface area contributed by atoms with E-state index < -0.39 is 6.09 Å². The Bertz CT molecular complexity index is 735. The number of ether oxygens (including phenoxy) is 1. The van der Waals surface area contributed by atoms with Gasteiger partial charge in [-0.3, -0.25) is 14.8 Å². The molecule has 2 heterocycles. The quantitative estimate of drug-likeness (QED) is 0.795. The molecule has 2 amide bonds. The maximum absolute atomic E-state index is 12.0. The van der Waals surface area contributed by atoms with Gasteiger partial charge in [0.05, 0.1) is 18.5 Å². The van der Waals surface area contributed by atoms with Crippen molar-refractivity contribution in [2.24, 2.45) is 7.05 Å². The Morgan fingerprint density at radius 2 is 2.08 bits per heavy atom. The summed E-state index contributed by atoms with van der Waals surface area (Å²) in [4.78, 5) is 23.3. The van der Waals surface area contributed by atoms with E-state index in [4.69, 9.17) is 4.74 Å². The van der Waals surface area contributed by atoms with Gasteiger partial charge in [0, 0.05) is 24.8 Å². The maximum Gasteiger partial charge on any atom is 0.412 e. The van der Waals surface area contributed by atoms with Crippen molar-refractivity contribution in [3.63, 3.8) is 0 Å². The SMILES string of the molecule is CCOC(=O)Nc1cn(CC(=O)NCc2c(C)nn(C)c2C)nn1. The fourth-order valence-corrected chi connectivity index (χ4v) is 2.17. The second-order valence-corrected chi connectivity index (χ2v) is 5.20. The van der Waals surface area contributed by atoms with Crippen molar-refractivity contribution in [2.75, 3.05) is 11.9 Å². The molecule has 0 saturated carbocycles. The van der Waals surface area contributed by atoms with Gasteiger partial charge in [-0.05, 0) is 20.8 Å². The molecule has 0 aromatic carbocycles. The van der Waals surface area contributed by atoms with E-state index in [2.05, 4.69) is 26.0 Å². The zero-order chi connectivity index (χ0) is 17.7. The largest absolute Gasteiger partial charge is 0.450 e. The Labute approximate surface area is 139 Å². The molecule has 0 unspecified atom stereocenters. The van der Waals surface area contributed by atoms with E-state index in [1.807, 2.05) is 20.9 Å². The zero-order valence-corrected chi connectivity index (χ0v) is 14.2. The van der Waals surface area contributed by atoms with Gasteiger partial charge in [-0.25, -0.2) is 9.48 Å². The number of anilines is 1. The Morgan fingerprint density at radius 3 is 2.71 bits per heavy atom. The van der Waals surface area contributed by atoms with Crippen molar-refractivity contribution >= 4 is 17.8 Å². The number of carbonyl (C=O) groups is 2. The van der Waals surface area contributed by atoms with Crippen LogP contribution in [-0.2, 0) is 29.7 Å². The minimum Gasteiger partial charge on any atom is -0.450 e. The predicted octanol–water partition coefficient (Wildman–Crippen LogP) is 0.513. The molecule has 0 aliphatic carbocycles. The number of rotatable bonds is 6. The number of aryl methyl sites for hydroxylation is 2. The zero-order valence-electron chi connectivity index (χ0n) is 14.2. The topological polar surface area (TPSA) is 116 Å². The van der Waals surface area contributed by atoms with Crippen LogP contribution in [0.5, 0.6) is 0 Å². The van der Waals surface area contributed by atoms with Crippen LogP contribution in [0.15, 0.2) is 6.20 Å². The number of nitrogens with one attached hydrogen (secondary N) is 2. The molecule has 2 aromatic rings. The Hall–Kier alpha value is -2.91. The van der Waals surface area contributed by atoms with E-state index in [1.165, 1.54) is 10.9 Å². The summed E-state index contributed by atoms with van der Waals surface area (Å²) >= 11 is 0. The molecule has 2 N–H and O–H groups in total. The van der Waals surface area contributed by atoms with Crippen molar-refractivity contribution in [3.8, 4) is 0 Å². The van der Waals surface area contributed by atoms with Crippen LogP contribution in [0.4, 0.5) is 10.6 Å². The van der Waals surface area contributed by atoms with Crippen molar-refractivity contribution < 1.29 is 14.3 Å². The summed E-state index contributed by atoms with van der Waals surface area (Å²) in [6.07, 6.45) is 0.841. The van der Waals surface area contributed by atoms with Gasteiger partial charge in [-0.2, -0.15) is 5.10 Å². The Morgan fingerprint density at radius 1 is 1.33 bits per heavy atom. The molecule has 0 spiro atoms. The van der Waals surface area contributed by atoms with Gasteiger partial charge >= 0.3 is 6.09 Å². The molecule has 10 nitrogen and oxygen atoms in total. The first-order chi connectivity index (χ1) is 11.4. The van der Waals surface area contributed by atoms with E-state index >= 15 is 0 Å². The summed E-state index contributed by atoms with van der Waals surface area (Å²) in [5.41, 5.74) is 2.89. The molecule has 0 radical (unpaired) electrons. The lowest BCUT2D eigenvalue weighted by atomic mass is 10.2. The Kier molecular flexibility index (Phi) is 5.51. The highest BCUT2D eigenvalue weighted by Crippen LogP contribution is 2.11. The summed E-state index contributed by atoms with van der Waals surface area (Å²) < 4.78 is 7.85. The molecule has 0 aliphatic heterocycles. The third-order valence-electron chi connectivity index (χ3n) is 3.47. The molecular weight excluding hydrogens is 314 g/mol. The summed E-state index contributed by atoms with van der Waals surface area (Å²) in [6, 6.07) is 0. The normalized spacial score (nSPS) is 10.5. The van der Waals surface area contributed by atoms with Crippen LogP contribution in [0.2, 0.25) is 0 Å². The monoisotopic (exact) mass is 335 g/mol. The van der Waals surface area contributed by atoms with E-state index in [0.29, 0.717) is 6.54 Å². The number of aromatic nitrogens is 5. The van der Waals surface area contributed by atoms with E-state index in [-0.39, 0.29) is 24.9 Å². The lowest BCUT2D eigenvalue weighted by Crippen LogP contribution is -2.27. The van der Waals surface area contributed by atoms with Gasteiger partial charge in [0.2, 0.25) is 5.91 Å². The van der Waals surface area contributed by atoms with E-state index in [9.17, 15) is 9.59 Å². The molecule has 130 valence electrons. The molecule has 2 rings (SSSR count). The molecule has 0 bridgehead atoms. The van der Waals surface area contributed by atoms with Gasteiger partial charge in [0.25, 0.3) is 0 Å². The second-order valence-electron chi connectivity index (χ2n) is 5.20. The molecule has 0 fully saturated rings. The van der Waals surface area contributed by atoms with Gasteiger partial charge in [-0.1, -0.05) is 5.21 Å². The second kappa shape index (κ2) is 7.57. The number of hydrogen-bond donors (Lipinski definition) is 2. The standard InChI is InChI=1S/C14H21N7O3/c1-5-24-14(23)16-12-7-21(19-17-12)8-13(22)15-6-11-9(2)18-20(4)10(11)3/h7H,5-6,8H2,1-4H3,(H,15,22)(H,16,23). The number of carbonyl (C=O) groups excluding carboxylic acids is 2. The highest BCUT2D eigenvalue weighted by molar-refractivity contribution is 5.83. The first kappa shape index (κ1) is 17.4. The van der Waals surface area contributed by atoms with Gasteiger partial charge in [-0.15, -0.1) is 5.10 Å². The first-order valence-electron chi connectivity index (χ1n) is 7.50. The molecule has 0 atom stereocenters. The summed E-state index contributed by atoms with van der Waals surface area (Å²) in [5, 5.41) is 17.1. The average molecular weight is 335 g/mol. The fraction of sp³-hybridized carbons (Fsp3) is 0.500. The lowest BCUT2D eigenvalue weighted by Gasteiger charge is -2.05. The van der Waals surface area contributed by atoms with Crippen molar-refractivity contribution in [1.29, 1.82) is 0 Å². The predicted molar refractivity (Wildman–Crippen MR) is 85.2 cm³/mol. The highest BCUT2D eigenvalue weighted by Gasteiger charge is 2.12. The smallest absolute Gasteiger partial charge is 0.412 e. The first-order valence-corrected chi connectivity index (χ1v) is 7.50. The lowest BCUT2D eigenvalue weighted by molar-refractivity contribution is -0.122. The summed E-state index contributed by atoms with van der Waals surface area (Å²) in [7, 11) is 1.86. The molecule has 0 saturated heterocycles. The molecule has 0 aliphatic rings. The van der Waals surface area contributed by atoms with Crippen LogP contribution in [-0.4, -0.2) is 43.4 Å². The average Bonchev–Trinajstić information content (AvgIpc) is 3.03. The number of nitrogens with zero attached hydrogens (tertiary/aromatic N) is 5. The van der Waals surface area contributed by atoms with Gasteiger partial charge in [0.1, 0.15) is 6.54 Å². The van der Waals surface area contributed by atoms with Crippen LogP contribution in [0.25, 0.3) is 0 Å². The molecule has 24 heavy (non-hydrogen) atoms. The molecule has 2 aromatic heterocycles. The van der Waals surface area contributed by atoms with Crippen LogP contribution in [0.1, 0.15) is 23.9 Å². The van der Waals surface area contributed by atoms with Crippen molar-refractivity contribution in [3.05, 3.63) is 23.1 Å². The molecular formula is C14H21N7O3. The van der Waals surface area contributed by atoms with Crippen LogP contribution < -0.4 is 10.6 Å². The fourth-order valence-electron chi connectivity index (χ4n) is 2.17. The maximum atomic E-state index is 12.0. The van der Waals surface area contributed by atoms with Gasteiger partial charge in [0.15, 0.2) is 5.82 Å². The minimum absolute atomic E-state index is 0.00410. The van der Waals surface area contributed by atoms with E-state index in [1.54, 1.807) is 11.6 Å². The number of amides is 2. The van der Waals surface area contributed by atoms with Crippen LogP contribution >= 0.6 is 0 Å². The number of hydrogen-bond acceptors (Lipinski definition) is 6.